The summed E-state index contributed by atoms with van der Waals surface area (Å²) in [7, 11) is 4.29. The van der Waals surface area contributed by atoms with Gasteiger partial charge in [0.2, 0.25) is 0 Å². The van der Waals surface area contributed by atoms with Crippen molar-refractivity contribution < 1.29 is 0 Å². The molecule has 106 valence electrons. The van der Waals surface area contributed by atoms with Crippen LogP contribution >= 0.6 is 0 Å². The van der Waals surface area contributed by atoms with Crippen LogP contribution in [-0.2, 0) is 0 Å². The molecular formula is C16H27N3. The van der Waals surface area contributed by atoms with E-state index in [-0.39, 0.29) is 0 Å². The predicted molar refractivity (Wildman–Crippen MR) is 81.5 cm³/mol. The molecule has 1 atom stereocenters. The predicted octanol–water partition coefficient (Wildman–Crippen LogP) is 1.89. The molecule has 2 rings (SSSR count). The van der Waals surface area contributed by atoms with E-state index in [1.165, 1.54) is 43.7 Å². The van der Waals surface area contributed by atoms with Crippen LogP contribution in [0.25, 0.3) is 0 Å². The Balaban J connectivity index is 2.01. The van der Waals surface area contributed by atoms with Crippen molar-refractivity contribution in [2.45, 2.75) is 19.4 Å². The smallest absolute Gasteiger partial charge is 0.0449 e. The molecule has 0 bridgehead atoms. The minimum atomic E-state index is 0.435. The molecule has 0 aliphatic carbocycles. The van der Waals surface area contributed by atoms with Crippen LogP contribution in [0.15, 0.2) is 24.3 Å². The summed E-state index contributed by atoms with van der Waals surface area (Å²) in [5, 5.41) is 3.48. The van der Waals surface area contributed by atoms with E-state index in [1.807, 2.05) is 0 Å². The fourth-order valence-electron chi connectivity index (χ4n) is 2.86. The molecule has 3 heteroatoms. The zero-order valence-electron chi connectivity index (χ0n) is 12.5. The van der Waals surface area contributed by atoms with Crippen molar-refractivity contribution >= 4 is 0 Å². The van der Waals surface area contributed by atoms with Crippen molar-refractivity contribution in [2.24, 2.45) is 0 Å². The van der Waals surface area contributed by atoms with E-state index in [9.17, 15) is 0 Å². The Kier molecular flexibility index (Phi) is 5.37. The van der Waals surface area contributed by atoms with E-state index >= 15 is 0 Å². The fourth-order valence-corrected chi connectivity index (χ4v) is 2.86. The zero-order valence-corrected chi connectivity index (χ0v) is 12.5. The van der Waals surface area contributed by atoms with Gasteiger partial charge in [-0.3, -0.25) is 0 Å². The summed E-state index contributed by atoms with van der Waals surface area (Å²) in [6.07, 6.45) is 1.28. The van der Waals surface area contributed by atoms with E-state index in [2.05, 4.69) is 60.4 Å². The highest BCUT2D eigenvalue weighted by molar-refractivity contribution is 5.28. The van der Waals surface area contributed by atoms with Crippen molar-refractivity contribution in [1.29, 1.82) is 0 Å². The van der Waals surface area contributed by atoms with Crippen molar-refractivity contribution in [3.05, 3.63) is 35.4 Å². The van der Waals surface area contributed by atoms with Gasteiger partial charge in [0.25, 0.3) is 0 Å². The molecule has 1 aliphatic heterocycles. The lowest BCUT2D eigenvalue weighted by Gasteiger charge is -2.27. The second kappa shape index (κ2) is 7.04. The summed E-state index contributed by atoms with van der Waals surface area (Å²) in [4.78, 5) is 5.03. The first-order valence-corrected chi connectivity index (χ1v) is 7.34. The van der Waals surface area contributed by atoms with E-state index in [0.29, 0.717) is 6.04 Å². The maximum Gasteiger partial charge on any atom is 0.0449 e. The Morgan fingerprint density at radius 3 is 2.68 bits per heavy atom. The van der Waals surface area contributed by atoms with Crippen LogP contribution in [-0.4, -0.2) is 56.6 Å². The van der Waals surface area contributed by atoms with Gasteiger partial charge in [-0.05, 0) is 51.7 Å². The normalized spacial score (nSPS) is 20.2. The number of hydrogen-bond donors (Lipinski definition) is 1. The summed E-state index contributed by atoms with van der Waals surface area (Å²) in [6, 6.07) is 9.15. The highest BCUT2D eigenvalue weighted by Crippen LogP contribution is 2.18. The highest BCUT2D eigenvalue weighted by atomic mass is 15.2. The van der Waals surface area contributed by atoms with Gasteiger partial charge in [-0.15, -0.1) is 0 Å². The van der Waals surface area contributed by atoms with Gasteiger partial charge in [-0.1, -0.05) is 24.3 Å². The van der Waals surface area contributed by atoms with E-state index in [1.54, 1.807) is 0 Å². The quantitative estimate of drug-likeness (QED) is 0.893. The molecule has 1 N–H and O–H groups in total. The number of nitrogens with zero attached hydrogens (tertiary/aromatic N) is 2. The molecule has 1 aromatic carbocycles. The minimum Gasteiger partial charge on any atom is -0.312 e. The molecule has 0 radical (unpaired) electrons. The molecule has 0 spiro atoms. The molecule has 1 aliphatic rings. The maximum absolute atomic E-state index is 3.48. The Morgan fingerprint density at radius 1 is 1.16 bits per heavy atom. The largest absolute Gasteiger partial charge is 0.312 e. The fraction of sp³-hybridized carbons (Fsp3) is 0.625. The van der Waals surface area contributed by atoms with Crippen LogP contribution in [0, 0.1) is 6.92 Å². The lowest BCUT2D eigenvalue weighted by Crippen LogP contribution is -2.36. The van der Waals surface area contributed by atoms with Gasteiger partial charge in [-0.2, -0.15) is 0 Å². The average molecular weight is 261 g/mol. The number of rotatable bonds is 4. The SMILES string of the molecule is CNC(CN1CCCN(C)CC1)c1ccccc1C. The third-order valence-corrected chi connectivity index (χ3v) is 4.17. The molecular weight excluding hydrogens is 234 g/mol. The molecule has 0 saturated carbocycles. The van der Waals surface area contributed by atoms with Crippen LogP contribution in [0.5, 0.6) is 0 Å². The first-order chi connectivity index (χ1) is 9.20. The van der Waals surface area contributed by atoms with Crippen LogP contribution in [0.2, 0.25) is 0 Å². The summed E-state index contributed by atoms with van der Waals surface area (Å²) in [6.45, 7) is 8.12. The maximum atomic E-state index is 3.48. The summed E-state index contributed by atoms with van der Waals surface area (Å²) in [5.41, 5.74) is 2.82. The Hall–Kier alpha value is -0.900. The Morgan fingerprint density at radius 2 is 1.95 bits per heavy atom. The minimum absolute atomic E-state index is 0.435. The number of nitrogens with one attached hydrogen (secondary N) is 1. The standard InChI is InChI=1S/C16H27N3/c1-14-7-4-5-8-15(14)16(17-2)13-19-10-6-9-18(3)11-12-19/h4-5,7-8,16-17H,6,9-13H2,1-3H3. The number of hydrogen-bond acceptors (Lipinski definition) is 3. The zero-order chi connectivity index (χ0) is 13.7. The lowest BCUT2D eigenvalue weighted by atomic mass is 10.0. The molecule has 1 saturated heterocycles. The summed E-state index contributed by atoms with van der Waals surface area (Å²) in [5.74, 6) is 0. The van der Waals surface area contributed by atoms with Crippen LogP contribution < -0.4 is 5.32 Å². The Labute approximate surface area is 117 Å². The van der Waals surface area contributed by atoms with E-state index in [4.69, 9.17) is 0 Å². The van der Waals surface area contributed by atoms with Gasteiger partial charge >= 0.3 is 0 Å². The van der Waals surface area contributed by atoms with Gasteiger partial charge in [0, 0.05) is 25.7 Å². The van der Waals surface area contributed by atoms with Gasteiger partial charge in [0.05, 0.1) is 0 Å². The highest BCUT2D eigenvalue weighted by Gasteiger charge is 2.18. The molecule has 1 fully saturated rings. The second-order valence-corrected chi connectivity index (χ2v) is 5.66. The van der Waals surface area contributed by atoms with E-state index < -0.39 is 0 Å². The molecule has 0 aromatic heterocycles. The summed E-state index contributed by atoms with van der Waals surface area (Å²) < 4.78 is 0. The lowest BCUT2D eigenvalue weighted by molar-refractivity contribution is 0.251. The molecule has 3 nitrogen and oxygen atoms in total. The average Bonchev–Trinajstić information content (AvgIpc) is 2.62. The number of benzene rings is 1. The molecule has 19 heavy (non-hydrogen) atoms. The van der Waals surface area contributed by atoms with Gasteiger partial charge < -0.3 is 15.1 Å². The van der Waals surface area contributed by atoms with Gasteiger partial charge in [0.1, 0.15) is 0 Å². The van der Waals surface area contributed by atoms with Crippen molar-refractivity contribution in [1.82, 2.24) is 15.1 Å². The molecule has 1 aromatic rings. The molecule has 1 heterocycles. The number of likely N-dealkylation sites (N-methyl/N-ethyl adjacent to an activating group) is 2. The topological polar surface area (TPSA) is 18.5 Å². The van der Waals surface area contributed by atoms with Gasteiger partial charge in [0.15, 0.2) is 0 Å². The second-order valence-electron chi connectivity index (χ2n) is 5.66. The van der Waals surface area contributed by atoms with Crippen molar-refractivity contribution in [3.8, 4) is 0 Å². The van der Waals surface area contributed by atoms with Crippen LogP contribution in [0.3, 0.4) is 0 Å². The Bertz CT molecular complexity index is 391. The monoisotopic (exact) mass is 261 g/mol. The van der Waals surface area contributed by atoms with Gasteiger partial charge in [-0.25, -0.2) is 0 Å². The molecule has 0 amide bonds. The van der Waals surface area contributed by atoms with Crippen molar-refractivity contribution in [2.75, 3.05) is 46.8 Å². The third-order valence-electron chi connectivity index (χ3n) is 4.17. The summed E-state index contributed by atoms with van der Waals surface area (Å²) >= 11 is 0. The first kappa shape index (κ1) is 14.5. The first-order valence-electron chi connectivity index (χ1n) is 7.34. The molecule has 1 unspecified atom stereocenters. The third kappa shape index (κ3) is 4.03. The van der Waals surface area contributed by atoms with E-state index in [0.717, 1.165) is 6.54 Å². The van der Waals surface area contributed by atoms with Crippen LogP contribution in [0.4, 0.5) is 0 Å². The number of aryl methyl sites for hydroxylation is 1. The van der Waals surface area contributed by atoms with Crippen molar-refractivity contribution in [3.63, 3.8) is 0 Å². The van der Waals surface area contributed by atoms with Crippen LogP contribution in [0.1, 0.15) is 23.6 Å².